The highest BCUT2D eigenvalue weighted by molar-refractivity contribution is 5.79. The maximum atomic E-state index is 12.0. The van der Waals surface area contributed by atoms with E-state index in [0.717, 1.165) is 31.2 Å². The summed E-state index contributed by atoms with van der Waals surface area (Å²) in [5, 5.41) is 9.28. The van der Waals surface area contributed by atoms with E-state index in [1.165, 1.54) is 11.9 Å². The minimum Gasteiger partial charge on any atom is -0.480 e. The van der Waals surface area contributed by atoms with Crippen LogP contribution in [0, 0.1) is 0 Å². The molecule has 1 unspecified atom stereocenters. The van der Waals surface area contributed by atoms with Gasteiger partial charge in [0.15, 0.2) is 0 Å². The van der Waals surface area contributed by atoms with E-state index in [4.69, 9.17) is 4.74 Å². The number of hydrogen-bond acceptors (Lipinski definition) is 3. The van der Waals surface area contributed by atoms with E-state index in [1.807, 2.05) is 30.3 Å². The van der Waals surface area contributed by atoms with Crippen LogP contribution in [-0.2, 0) is 16.1 Å². The van der Waals surface area contributed by atoms with Gasteiger partial charge < -0.3 is 9.84 Å². The molecular formula is C17H25NO4. The number of ether oxygens (including phenoxy) is 1. The molecule has 0 aliphatic heterocycles. The zero-order chi connectivity index (χ0) is 16.4. The summed E-state index contributed by atoms with van der Waals surface area (Å²) in [6.07, 6.45) is 3.79. The quantitative estimate of drug-likeness (QED) is 0.707. The number of carboxylic acid groups (broad SMARTS) is 1. The van der Waals surface area contributed by atoms with Crippen LogP contribution in [0.3, 0.4) is 0 Å². The lowest BCUT2D eigenvalue weighted by Gasteiger charge is -2.24. The number of aliphatic carboxylic acids is 1. The monoisotopic (exact) mass is 307 g/mol. The van der Waals surface area contributed by atoms with Crippen molar-refractivity contribution in [3.63, 3.8) is 0 Å². The van der Waals surface area contributed by atoms with Crippen molar-refractivity contribution in [2.45, 2.75) is 51.7 Å². The molecule has 1 amide bonds. The number of unbranched alkanes of at least 4 members (excludes halogenated alkanes) is 3. The van der Waals surface area contributed by atoms with Crippen molar-refractivity contribution in [2.24, 2.45) is 0 Å². The first kappa shape index (κ1) is 18.0. The minimum absolute atomic E-state index is 0.145. The Morgan fingerprint density at radius 1 is 1.18 bits per heavy atom. The summed E-state index contributed by atoms with van der Waals surface area (Å²) in [7, 11) is 1.48. The summed E-state index contributed by atoms with van der Waals surface area (Å²) in [6.45, 7) is 2.24. The molecule has 0 bridgehead atoms. The van der Waals surface area contributed by atoms with Gasteiger partial charge >= 0.3 is 12.1 Å². The number of carboxylic acids is 1. The maximum absolute atomic E-state index is 12.0. The van der Waals surface area contributed by atoms with Gasteiger partial charge in [-0.2, -0.15) is 0 Å². The Kier molecular flexibility index (Phi) is 8.04. The van der Waals surface area contributed by atoms with Crippen molar-refractivity contribution in [3.8, 4) is 0 Å². The van der Waals surface area contributed by atoms with Crippen LogP contribution in [0.15, 0.2) is 30.3 Å². The Bertz CT molecular complexity index is 461. The SMILES string of the molecule is CCCCCCC(C(=O)O)N(C)C(=O)OCc1ccccc1. The maximum Gasteiger partial charge on any atom is 0.410 e. The van der Waals surface area contributed by atoms with Crippen LogP contribution < -0.4 is 0 Å². The van der Waals surface area contributed by atoms with Gasteiger partial charge in [0, 0.05) is 7.05 Å². The predicted molar refractivity (Wildman–Crippen MR) is 84.6 cm³/mol. The van der Waals surface area contributed by atoms with Crippen molar-refractivity contribution < 1.29 is 19.4 Å². The van der Waals surface area contributed by atoms with Crippen LogP contribution in [0.2, 0.25) is 0 Å². The summed E-state index contributed by atoms with van der Waals surface area (Å²) in [6, 6.07) is 8.48. The summed E-state index contributed by atoms with van der Waals surface area (Å²) in [4.78, 5) is 24.5. The highest BCUT2D eigenvalue weighted by Crippen LogP contribution is 2.12. The van der Waals surface area contributed by atoms with E-state index < -0.39 is 18.1 Å². The third-order valence-corrected chi connectivity index (χ3v) is 3.58. The summed E-state index contributed by atoms with van der Waals surface area (Å²) in [5.41, 5.74) is 0.874. The molecule has 0 aromatic heterocycles. The molecular weight excluding hydrogens is 282 g/mol. The van der Waals surface area contributed by atoms with E-state index in [0.29, 0.717) is 6.42 Å². The molecule has 0 aliphatic carbocycles. The van der Waals surface area contributed by atoms with Gasteiger partial charge in [0.2, 0.25) is 0 Å². The van der Waals surface area contributed by atoms with Gasteiger partial charge in [-0.05, 0) is 12.0 Å². The summed E-state index contributed by atoms with van der Waals surface area (Å²) in [5.74, 6) is -0.990. The number of amides is 1. The Balaban J connectivity index is 2.47. The molecule has 0 saturated heterocycles. The van der Waals surface area contributed by atoms with Gasteiger partial charge in [0.25, 0.3) is 0 Å². The number of nitrogens with zero attached hydrogens (tertiary/aromatic N) is 1. The molecule has 1 N–H and O–H groups in total. The van der Waals surface area contributed by atoms with E-state index in [1.54, 1.807) is 0 Å². The van der Waals surface area contributed by atoms with Gasteiger partial charge in [-0.3, -0.25) is 4.90 Å². The average molecular weight is 307 g/mol. The Morgan fingerprint density at radius 2 is 1.86 bits per heavy atom. The highest BCUT2D eigenvalue weighted by Gasteiger charge is 2.27. The molecule has 0 heterocycles. The summed E-state index contributed by atoms with van der Waals surface area (Å²) >= 11 is 0. The van der Waals surface area contributed by atoms with Crippen LogP contribution in [0.4, 0.5) is 4.79 Å². The molecule has 0 saturated carbocycles. The molecule has 0 spiro atoms. The number of rotatable bonds is 9. The van der Waals surface area contributed by atoms with Crippen molar-refractivity contribution in [3.05, 3.63) is 35.9 Å². The topological polar surface area (TPSA) is 66.8 Å². The minimum atomic E-state index is -0.990. The molecule has 1 atom stereocenters. The van der Waals surface area contributed by atoms with Gasteiger partial charge in [-0.1, -0.05) is 62.9 Å². The van der Waals surface area contributed by atoms with E-state index >= 15 is 0 Å². The fraction of sp³-hybridized carbons (Fsp3) is 0.529. The van der Waals surface area contributed by atoms with Crippen LogP contribution in [0.5, 0.6) is 0 Å². The zero-order valence-electron chi connectivity index (χ0n) is 13.3. The molecule has 5 heteroatoms. The van der Waals surface area contributed by atoms with Crippen molar-refractivity contribution >= 4 is 12.1 Å². The van der Waals surface area contributed by atoms with Gasteiger partial charge in [0.05, 0.1) is 0 Å². The van der Waals surface area contributed by atoms with Crippen molar-refractivity contribution in [1.29, 1.82) is 0 Å². The molecule has 122 valence electrons. The van der Waals surface area contributed by atoms with Crippen LogP contribution in [0.1, 0.15) is 44.6 Å². The number of likely N-dealkylation sites (N-methyl/N-ethyl adjacent to an activating group) is 1. The fourth-order valence-electron chi connectivity index (χ4n) is 2.20. The first-order chi connectivity index (χ1) is 10.6. The lowest BCUT2D eigenvalue weighted by Crippen LogP contribution is -2.42. The Morgan fingerprint density at radius 3 is 2.45 bits per heavy atom. The lowest BCUT2D eigenvalue weighted by atomic mass is 10.1. The zero-order valence-corrected chi connectivity index (χ0v) is 13.3. The largest absolute Gasteiger partial charge is 0.480 e. The second kappa shape index (κ2) is 9.82. The van der Waals surface area contributed by atoms with E-state index in [2.05, 4.69) is 6.92 Å². The first-order valence-electron chi connectivity index (χ1n) is 7.72. The van der Waals surface area contributed by atoms with Crippen LogP contribution in [0.25, 0.3) is 0 Å². The fourth-order valence-corrected chi connectivity index (χ4v) is 2.20. The Labute approximate surface area is 131 Å². The Hall–Kier alpha value is -2.04. The van der Waals surface area contributed by atoms with Crippen LogP contribution >= 0.6 is 0 Å². The number of carbonyl (C=O) groups is 2. The molecule has 0 aliphatic rings. The van der Waals surface area contributed by atoms with Gasteiger partial charge in [-0.15, -0.1) is 0 Å². The smallest absolute Gasteiger partial charge is 0.410 e. The van der Waals surface area contributed by atoms with Gasteiger partial charge in [-0.25, -0.2) is 9.59 Å². The van der Waals surface area contributed by atoms with E-state index in [9.17, 15) is 14.7 Å². The second-order valence-electron chi connectivity index (χ2n) is 5.35. The third-order valence-electron chi connectivity index (χ3n) is 3.58. The molecule has 0 radical (unpaired) electrons. The molecule has 1 aromatic rings. The normalized spacial score (nSPS) is 11.7. The molecule has 22 heavy (non-hydrogen) atoms. The third kappa shape index (κ3) is 6.16. The number of hydrogen-bond donors (Lipinski definition) is 1. The first-order valence-corrected chi connectivity index (χ1v) is 7.72. The molecule has 1 rings (SSSR count). The summed E-state index contributed by atoms with van der Waals surface area (Å²) < 4.78 is 5.17. The van der Waals surface area contributed by atoms with E-state index in [-0.39, 0.29) is 6.61 Å². The van der Waals surface area contributed by atoms with Crippen LogP contribution in [-0.4, -0.2) is 35.2 Å². The highest BCUT2D eigenvalue weighted by atomic mass is 16.6. The predicted octanol–water partition coefficient (Wildman–Crippen LogP) is 3.68. The lowest BCUT2D eigenvalue weighted by molar-refractivity contribution is -0.142. The van der Waals surface area contributed by atoms with Crippen molar-refractivity contribution in [2.75, 3.05) is 7.05 Å². The van der Waals surface area contributed by atoms with Gasteiger partial charge in [0.1, 0.15) is 12.6 Å². The molecule has 5 nitrogen and oxygen atoms in total. The number of benzene rings is 1. The average Bonchev–Trinajstić information content (AvgIpc) is 2.52. The van der Waals surface area contributed by atoms with Crippen molar-refractivity contribution in [1.82, 2.24) is 4.90 Å². The molecule has 0 fully saturated rings. The molecule has 1 aromatic carbocycles. The standard InChI is InChI=1S/C17H25NO4/c1-3-4-5-9-12-15(16(19)20)18(2)17(21)22-13-14-10-7-6-8-11-14/h6-8,10-11,15H,3-5,9,12-13H2,1-2H3,(H,19,20). The second-order valence-corrected chi connectivity index (χ2v) is 5.35. The number of carbonyl (C=O) groups excluding carboxylic acids is 1.